The highest BCUT2D eigenvalue weighted by molar-refractivity contribution is 5.92. The molecule has 2 aliphatic heterocycles. The van der Waals surface area contributed by atoms with Crippen molar-refractivity contribution in [1.82, 2.24) is 0 Å². The van der Waals surface area contributed by atoms with Crippen molar-refractivity contribution in [1.29, 1.82) is 0 Å². The first-order chi connectivity index (χ1) is 21.5. The molecule has 0 radical (unpaired) electrons. The van der Waals surface area contributed by atoms with E-state index in [1.165, 1.54) is 5.57 Å². The molecule has 240 valence electrons. The number of likely N-dealkylation sites (N-methyl/N-ethyl adjacent to an activating group) is 1. The molecule has 3 aliphatic rings. The molecule has 0 saturated heterocycles. The minimum Gasteiger partial charge on any atom is -0.478 e. The molecule has 1 N–H and O–H groups in total. The van der Waals surface area contributed by atoms with Gasteiger partial charge >= 0.3 is 5.97 Å². The summed E-state index contributed by atoms with van der Waals surface area (Å²) in [4.78, 5) is 14.4. The van der Waals surface area contributed by atoms with Crippen molar-refractivity contribution < 1.29 is 32.2 Å². The van der Waals surface area contributed by atoms with Crippen LogP contribution in [-0.4, -0.2) is 23.2 Å². The number of rotatable bonds is 5. The molecule has 3 aromatic carbocycles. The highest BCUT2D eigenvalue weighted by Gasteiger charge is 2.35. The predicted molar refractivity (Wildman–Crippen MR) is 174 cm³/mol. The molecule has 8 heteroatoms. The molecule has 0 saturated carbocycles. The molecule has 4 nitrogen and oxygen atoms in total. The average molecular weight is 632 g/mol. The average Bonchev–Trinajstić information content (AvgIpc) is 2.96. The fraction of sp³-hybridized carbons (Fsp3) is 0.342. The van der Waals surface area contributed by atoms with Gasteiger partial charge in [-0.3, -0.25) is 0 Å². The van der Waals surface area contributed by atoms with Gasteiger partial charge in [-0.05, 0) is 86.7 Å². The van der Waals surface area contributed by atoms with Crippen molar-refractivity contribution >= 4 is 33.9 Å². The number of aromatic carboxylic acids is 1. The van der Waals surface area contributed by atoms with E-state index >= 15 is 4.39 Å². The van der Waals surface area contributed by atoms with E-state index in [0.717, 1.165) is 39.6 Å². The molecule has 3 aromatic rings. The van der Waals surface area contributed by atoms with Gasteiger partial charge in [0.15, 0.2) is 23.3 Å². The summed E-state index contributed by atoms with van der Waals surface area (Å²) in [7, 11) is 0. The van der Waals surface area contributed by atoms with Crippen LogP contribution < -0.4 is 20.1 Å². The second-order valence-corrected chi connectivity index (χ2v) is 13.5. The lowest BCUT2D eigenvalue weighted by Crippen LogP contribution is -2.45. The molecule has 0 fully saturated rings. The summed E-state index contributed by atoms with van der Waals surface area (Å²) in [6.45, 7) is 17.4. The Morgan fingerprint density at radius 2 is 1.46 bits per heavy atom. The Bertz CT molecular complexity index is 2070. The number of hydrogen-bond acceptors (Lipinski definition) is 3. The molecule has 0 spiro atoms. The third-order valence-corrected chi connectivity index (χ3v) is 9.78. The quantitative estimate of drug-likeness (QED) is 0.174. The Hall–Kier alpha value is -4.33. The molecule has 0 bridgehead atoms. The van der Waals surface area contributed by atoms with Crippen LogP contribution in [-0.2, 0) is 6.42 Å². The van der Waals surface area contributed by atoms with Gasteiger partial charge in [-0.1, -0.05) is 38.5 Å². The van der Waals surface area contributed by atoms with Gasteiger partial charge < -0.3 is 14.7 Å². The fourth-order valence-corrected chi connectivity index (χ4v) is 7.87. The molecule has 0 unspecified atom stereocenters. The van der Waals surface area contributed by atoms with Crippen LogP contribution in [0, 0.1) is 28.7 Å². The number of halogens is 4. The first-order valence-corrected chi connectivity index (χ1v) is 15.5. The lowest BCUT2D eigenvalue weighted by molar-refractivity contribution is 0.0688. The van der Waals surface area contributed by atoms with E-state index in [9.17, 15) is 23.1 Å². The molecule has 0 amide bonds. The summed E-state index contributed by atoms with van der Waals surface area (Å²) in [5, 5.41) is 11.4. The first kappa shape index (κ1) is 31.6. The SMILES string of the molecule is CCC1=c2cc3c(cc2C(C)=CC1(C)C)=C(Cc1c(F)c(F)c(F)c(F)c1C(=O)O)c1cc2c(cc1O3)N(CC)C(C)(C)C=C2C. The number of nitrogens with zero attached hydrogens (tertiary/aromatic N) is 1. The lowest BCUT2D eigenvalue weighted by Gasteiger charge is -2.43. The minimum atomic E-state index is -2.16. The van der Waals surface area contributed by atoms with E-state index in [2.05, 4.69) is 58.6 Å². The number of carboxylic acids is 1. The normalized spacial score (nSPS) is 17.3. The zero-order valence-corrected chi connectivity index (χ0v) is 27.3. The van der Waals surface area contributed by atoms with Gasteiger partial charge in [0.2, 0.25) is 0 Å². The smallest absolute Gasteiger partial charge is 0.339 e. The van der Waals surface area contributed by atoms with Crippen LogP contribution in [0.15, 0.2) is 36.4 Å². The van der Waals surface area contributed by atoms with Crippen molar-refractivity contribution in [3.05, 3.63) is 97.9 Å². The van der Waals surface area contributed by atoms with Crippen molar-refractivity contribution in [2.24, 2.45) is 5.41 Å². The summed E-state index contributed by atoms with van der Waals surface area (Å²) >= 11 is 0. The molecule has 0 aromatic heterocycles. The lowest BCUT2D eigenvalue weighted by atomic mass is 9.74. The third-order valence-electron chi connectivity index (χ3n) is 9.78. The third kappa shape index (κ3) is 4.59. The summed E-state index contributed by atoms with van der Waals surface area (Å²) in [5.74, 6) is -8.86. The standard InChI is InChI=1S/C38H37F4NO3/c1-9-27-23-14-29-24(11-20(23)18(3)16-37(27,5)6)22(13-26-31(36(44)45)33(40)35(42)34(41)32(26)39)25-12-21-19(4)17-38(7,8)43(10-2)28(21)15-30(25)46-29/h11-12,14-17H,9-10,13H2,1-8H3,(H,44,45). The highest BCUT2D eigenvalue weighted by atomic mass is 19.2. The van der Waals surface area contributed by atoms with Gasteiger partial charge in [0, 0.05) is 52.0 Å². The Balaban J connectivity index is 1.74. The van der Waals surface area contributed by atoms with E-state index in [0.29, 0.717) is 34.4 Å². The van der Waals surface area contributed by atoms with Crippen molar-refractivity contribution in [2.45, 2.75) is 73.8 Å². The van der Waals surface area contributed by atoms with Gasteiger partial charge in [0.05, 0.1) is 5.54 Å². The Kier molecular flexibility index (Phi) is 7.30. The maximum absolute atomic E-state index is 15.5. The largest absolute Gasteiger partial charge is 0.478 e. The maximum atomic E-state index is 15.5. The van der Waals surface area contributed by atoms with Gasteiger partial charge in [0.1, 0.15) is 17.1 Å². The molecule has 0 atom stereocenters. The number of anilines is 1. The number of fused-ring (bicyclic) bond motifs is 4. The number of ether oxygens (including phenoxy) is 1. The van der Waals surface area contributed by atoms with Gasteiger partial charge in [-0.15, -0.1) is 0 Å². The van der Waals surface area contributed by atoms with Crippen LogP contribution in [0.3, 0.4) is 0 Å². The Morgan fingerprint density at radius 3 is 2.09 bits per heavy atom. The number of carboxylic acid groups (broad SMARTS) is 1. The van der Waals surface area contributed by atoms with Crippen LogP contribution >= 0.6 is 0 Å². The van der Waals surface area contributed by atoms with Crippen molar-refractivity contribution in [2.75, 3.05) is 11.4 Å². The van der Waals surface area contributed by atoms with Crippen LogP contribution in [0.25, 0.3) is 22.3 Å². The summed E-state index contributed by atoms with van der Waals surface area (Å²) in [6, 6.07) is 7.72. The van der Waals surface area contributed by atoms with E-state index in [4.69, 9.17) is 4.74 Å². The molecular formula is C38H37F4NO3. The molecule has 46 heavy (non-hydrogen) atoms. The molecule has 2 heterocycles. The van der Waals surface area contributed by atoms with Crippen molar-refractivity contribution in [3.63, 3.8) is 0 Å². The zero-order valence-electron chi connectivity index (χ0n) is 27.3. The molecule has 6 rings (SSSR count). The van der Waals surface area contributed by atoms with Gasteiger partial charge in [0.25, 0.3) is 0 Å². The zero-order chi connectivity index (χ0) is 33.6. The molecular weight excluding hydrogens is 594 g/mol. The second-order valence-electron chi connectivity index (χ2n) is 13.5. The van der Waals surface area contributed by atoms with E-state index < -0.39 is 46.8 Å². The fourth-order valence-electron chi connectivity index (χ4n) is 7.87. The highest BCUT2D eigenvalue weighted by Crippen LogP contribution is 2.46. The van der Waals surface area contributed by atoms with E-state index in [-0.39, 0.29) is 11.0 Å². The van der Waals surface area contributed by atoms with Crippen LogP contribution in [0.4, 0.5) is 23.2 Å². The summed E-state index contributed by atoms with van der Waals surface area (Å²) in [5.41, 5.74) is 4.45. The van der Waals surface area contributed by atoms with Crippen LogP contribution in [0.1, 0.15) is 94.4 Å². The van der Waals surface area contributed by atoms with Crippen LogP contribution in [0.2, 0.25) is 0 Å². The molecule has 1 aliphatic carbocycles. The van der Waals surface area contributed by atoms with Gasteiger partial charge in [-0.2, -0.15) is 0 Å². The number of benzene rings is 3. The first-order valence-electron chi connectivity index (χ1n) is 15.5. The summed E-state index contributed by atoms with van der Waals surface area (Å²) in [6.07, 6.45) is 4.61. The van der Waals surface area contributed by atoms with Crippen molar-refractivity contribution in [3.8, 4) is 11.5 Å². The van der Waals surface area contributed by atoms with Crippen LogP contribution in [0.5, 0.6) is 11.5 Å². The Labute approximate surface area is 266 Å². The number of hydrogen-bond donors (Lipinski definition) is 1. The number of allylic oxidation sites excluding steroid dienone is 3. The topological polar surface area (TPSA) is 49.8 Å². The maximum Gasteiger partial charge on any atom is 0.339 e. The second kappa shape index (κ2) is 10.6. The Morgan fingerprint density at radius 1 is 0.804 bits per heavy atom. The van der Waals surface area contributed by atoms with E-state index in [1.54, 1.807) is 0 Å². The summed E-state index contributed by atoms with van der Waals surface area (Å²) < 4.78 is 66.0. The van der Waals surface area contributed by atoms with Gasteiger partial charge in [-0.25, -0.2) is 22.4 Å². The monoisotopic (exact) mass is 631 g/mol. The number of carbonyl (C=O) groups is 1. The van der Waals surface area contributed by atoms with E-state index in [1.807, 2.05) is 38.1 Å². The predicted octanol–water partition coefficient (Wildman–Crippen LogP) is 8.51. The minimum absolute atomic E-state index is 0.210.